The SMILES string of the molecule is CC(=NC(C)c1ccc(C(Cl)(Cl)Cl)cc1)c1ccccc1. The highest BCUT2D eigenvalue weighted by Crippen LogP contribution is 2.38. The zero-order valence-corrected chi connectivity index (χ0v) is 14.1. The Kier molecular flexibility index (Phi) is 5.32. The molecule has 0 bridgehead atoms. The lowest BCUT2D eigenvalue weighted by molar-refractivity contribution is 0.818. The summed E-state index contributed by atoms with van der Waals surface area (Å²) in [6, 6.07) is 17.7. The summed E-state index contributed by atoms with van der Waals surface area (Å²) in [5.74, 6) is 0. The van der Waals surface area contributed by atoms with Crippen molar-refractivity contribution in [2.45, 2.75) is 23.7 Å². The van der Waals surface area contributed by atoms with Crippen LogP contribution in [0.2, 0.25) is 0 Å². The van der Waals surface area contributed by atoms with E-state index in [0.717, 1.165) is 16.8 Å². The van der Waals surface area contributed by atoms with E-state index in [0.29, 0.717) is 5.56 Å². The fourth-order valence-corrected chi connectivity index (χ4v) is 2.45. The Morgan fingerprint density at radius 3 is 2.05 bits per heavy atom. The first-order chi connectivity index (χ1) is 9.88. The minimum absolute atomic E-state index is 0.0506. The molecule has 2 rings (SSSR count). The first-order valence-corrected chi connectivity index (χ1v) is 7.78. The Labute approximate surface area is 140 Å². The highest BCUT2D eigenvalue weighted by molar-refractivity contribution is 6.66. The molecule has 0 N–H and O–H groups in total. The van der Waals surface area contributed by atoms with E-state index in [1.54, 1.807) is 0 Å². The number of alkyl halides is 3. The largest absolute Gasteiger partial charge is 0.282 e. The van der Waals surface area contributed by atoms with Crippen molar-refractivity contribution in [3.63, 3.8) is 0 Å². The van der Waals surface area contributed by atoms with Crippen molar-refractivity contribution >= 4 is 40.5 Å². The zero-order valence-electron chi connectivity index (χ0n) is 11.9. The van der Waals surface area contributed by atoms with Crippen LogP contribution in [0.15, 0.2) is 59.6 Å². The number of rotatable bonds is 3. The lowest BCUT2D eigenvalue weighted by Gasteiger charge is -2.14. The molecular weight excluding hydrogens is 325 g/mol. The lowest BCUT2D eigenvalue weighted by Crippen LogP contribution is -2.02. The van der Waals surface area contributed by atoms with E-state index in [9.17, 15) is 0 Å². The summed E-state index contributed by atoms with van der Waals surface area (Å²) in [7, 11) is 0. The number of halogens is 3. The second kappa shape index (κ2) is 6.83. The van der Waals surface area contributed by atoms with Crippen molar-refractivity contribution < 1.29 is 0 Å². The molecule has 2 aromatic rings. The number of benzene rings is 2. The van der Waals surface area contributed by atoms with Crippen LogP contribution in [-0.2, 0) is 3.79 Å². The summed E-state index contributed by atoms with van der Waals surface area (Å²) >= 11 is 17.6. The highest BCUT2D eigenvalue weighted by Gasteiger charge is 2.22. The van der Waals surface area contributed by atoms with Gasteiger partial charge in [0.2, 0.25) is 3.79 Å². The minimum atomic E-state index is -1.38. The first kappa shape index (κ1) is 16.4. The van der Waals surface area contributed by atoms with E-state index in [2.05, 4.69) is 19.1 Å². The maximum atomic E-state index is 5.86. The molecule has 1 nitrogen and oxygen atoms in total. The van der Waals surface area contributed by atoms with Gasteiger partial charge in [0.05, 0.1) is 6.04 Å². The van der Waals surface area contributed by atoms with Crippen LogP contribution in [0.4, 0.5) is 0 Å². The molecule has 0 aliphatic heterocycles. The molecule has 0 saturated heterocycles. The number of hydrogen-bond donors (Lipinski definition) is 0. The predicted octanol–water partition coefficient (Wildman–Crippen LogP) is 6.08. The van der Waals surface area contributed by atoms with Crippen LogP contribution >= 0.6 is 34.8 Å². The fraction of sp³-hybridized carbons (Fsp3) is 0.235. The van der Waals surface area contributed by atoms with Crippen molar-refractivity contribution in [2.24, 2.45) is 4.99 Å². The van der Waals surface area contributed by atoms with Gasteiger partial charge in [0, 0.05) is 11.3 Å². The van der Waals surface area contributed by atoms with Gasteiger partial charge in [0.1, 0.15) is 0 Å². The smallest absolute Gasteiger partial charge is 0.216 e. The van der Waals surface area contributed by atoms with Gasteiger partial charge in [-0.2, -0.15) is 0 Å². The van der Waals surface area contributed by atoms with Gasteiger partial charge in [0.25, 0.3) is 0 Å². The molecule has 2 aromatic carbocycles. The first-order valence-electron chi connectivity index (χ1n) is 6.65. The van der Waals surface area contributed by atoms with E-state index in [-0.39, 0.29) is 6.04 Å². The molecule has 0 aliphatic rings. The van der Waals surface area contributed by atoms with Gasteiger partial charge in [-0.3, -0.25) is 4.99 Å². The molecule has 0 fully saturated rings. The van der Waals surface area contributed by atoms with Crippen LogP contribution in [0.5, 0.6) is 0 Å². The minimum Gasteiger partial charge on any atom is -0.282 e. The third-order valence-electron chi connectivity index (χ3n) is 3.30. The predicted molar refractivity (Wildman–Crippen MR) is 92.7 cm³/mol. The molecule has 0 spiro atoms. The molecule has 0 amide bonds. The topological polar surface area (TPSA) is 12.4 Å². The Morgan fingerprint density at radius 2 is 1.52 bits per heavy atom. The van der Waals surface area contributed by atoms with Crippen molar-refractivity contribution in [1.82, 2.24) is 0 Å². The summed E-state index contributed by atoms with van der Waals surface area (Å²) in [6.07, 6.45) is 0. The molecular formula is C17H16Cl3N. The second-order valence-electron chi connectivity index (χ2n) is 4.88. The van der Waals surface area contributed by atoms with Gasteiger partial charge in [-0.15, -0.1) is 0 Å². The van der Waals surface area contributed by atoms with Crippen molar-refractivity contribution in [1.29, 1.82) is 0 Å². The Balaban J connectivity index is 2.19. The lowest BCUT2D eigenvalue weighted by atomic mass is 10.1. The van der Waals surface area contributed by atoms with E-state index in [1.165, 1.54) is 0 Å². The standard InChI is InChI=1S/C17H16Cl3N/c1-12(14-6-4-3-5-7-14)21-13(2)15-8-10-16(11-9-15)17(18,19)20/h3-11,13H,1-2H3. The van der Waals surface area contributed by atoms with Crippen LogP contribution in [0, 0.1) is 0 Å². The van der Waals surface area contributed by atoms with Crippen molar-refractivity contribution in [3.05, 3.63) is 71.3 Å². The van der Waals surface area contributed by atoms with Crippen LogP contribution in [-0.4, -0.2) is 5.71 Å². The van der Waals surface area contributed by atoms with Crippen molar-refractivity contribution in [3.8, 4) is 0 Å². The van der Waals surface area contributed by atoms with Gasteiger partial charge < -0.3 is 0 Å². The average Bonchev–Trinajstić information content (AvgIpc) is 2.47. The summed E-state index contributed by atoms with van der Waals surface area (Å²) in [6.45, 7) is 4.07. The Bertz CT molecular complexity index is 613. The van der Waals surface area contributed by atoms with E-state index < -0.39 is 3.79 Å². The van der Waals surface area contributed by atoms with Crippen LogP contribution in [0.1, 0.15) is 36.6 Å². The summed E-state index contributed by atoms with van der Waals surface area (Å²) < 4.78 is -1.38. The summed E-state index contributed by atoms with van der Waals surface area (Å²) in [5.41, 5.74) is 3.88. The molecule has 1 atom stereocenters. The molecule has 4 heteroatoms. The Hall–Kier alpha value is -1.02. The normalized spacial score (nSPS) is 14.0. The van der Waals surface area contributed by atoms with Gasteiger partial charge in [0.15, 0.2) is 0 Å². The maximum Gasteiger partial charge on any atom is 0.216 e. The highest BCUT2D eigenvalue weighted by atomic mass is 35.6. The molecule has 0 heterocycles. The molecule has 110 valence electrons. The van der Waals surface area contributed by atoms with E-state index in [4.69, 9.17) is 39.8 Å². The van der Waals surface area contributed by atoms with Gasteiger partial charge in [-0.05, 0) is 25.0 Å². The van der Waals surface area contributed by atoms with Crippen LogP contribution in [0.3, 0.4) is 0 Å². The van der Waals surface area contributed by atoms with E-state index >= 15 is 0 Å². The Morgan fingerprint density at radius 1 is 0.952 bits per heavy atom. The summed E-state index contributed by atoms with van der Waals surface area (Å²) in [5, 5.41) is 0. The van der Waals surface area contributed by atoms with Gasteiger partial charge in [-0.25, -0.2) is 0 Å². The van der Waals surface area contributed by atoms with Crippen LogP contribution in [0.25, 0.3) is 0 Å². The summed E-state index contributed by atoms with van der Waals surface area (Å²) in [4.78, 5) is 4.73. The third-order valence-corrected chi connectivity index (χ3v) is 3.95. The molecule has 0 aliphatic carbocycles. The number of aliphatic imine (C=N–C) groups is 1. The monoisotopic (exact) mass is 339 g/mol. The quantitative estimate of drug-likeness (QED) is 0.474. The second-order valence-corrected chi connectivity index (χ2v) is 7.16. The molecule has 1 unspecified atom stereocenters. The molecule has 0 aromatic heterocycles. The molecule has 21 heavy (non-hydrogen) atoms. The molecule has 0 radical (unpaired) electrons. The van der Waals surface area contributed by atoms with E-state index in [1.807, 2.05) is 49.4 Å². The number of hydrogen-bond acceptors (Lipinski definition) is 1. The number of nitrogens with zero attached hydrogens (tertiary/aromatic N) is 1. The zero-order chi connectivity index (χ0) is 15.5. The molecule has 0 saturated carbocycles. The van der Waals surface area contributed by atoms with Crippen LogP contribution < -0.4 is 0 Å². The maximum absolute atomic E-state index is 5.86. The third kappa shape index (κ3) is 4.47. The average molecular weight is 341 g/mol. The van der Waals surface area contributed by atoms with Gasteiger partial charge >= 0.3 is 0 Å². The van der Waals surface area contributed by atoms with Crippen molar-refractivity contribution in [2.75, 3.05) is 0 Å². The van der Waals surface area contributed by atoms with Gasteiger partial charge in [-0.1, -0.05) is 89.4 Å². The fourth-order valence-electron chi connectivity index (χ4n) is 2.07.